The van der Waals surface area contributed by atoms with Gasteiger partial charge >= 0.3 is 0 Å². The van der Waals surface area contributed by atoms with Crippen LogP contribution < -0.4 is 14.8 Å². The molecule has 3 aromatic rings. The maximum Gasteiger partial charge on any atom is 0.251 e. The number of fused-ring (bicyclic) bond motifs is 1. The van der Waals surface area contributed by atoms with Gasteiger partial charge in [-0.3, -0.25) is 4.79 Å². The molecule has 0 aliphatic carbocycles. The second-order valence-electron chi connectivity index (χ2n) is 7.31. The maximum atomic E-state index is 12.9. The average Bonchev–Trinajstić information content (AvgIpc) is 3.02. The molecule has 1 aliphatic rings. The van der Waals surface area contributed by atoms with E-state index in [1.165, 1.54) is 5.56 Å². The molecule has 0 radical (unpaired) electrons. The topological polar surface area (TPSA) is 47.6 Å². The first-order valence-corrected chi connectivity index (χ1v) is 11.3. The van der Waals surface area contributed by atoms with E-state index in [2.05, 4.69) is 40.0 Å². The van der Waals surface area contributed by atoms with Crippen molar-refractivity contribution in [1.29, 1.82) is 0 Å². The highest BCUT2D eigenvalue weighted by Gasteiger charge is 2.19. The molecule has 1 atom stereocenters. The molecule has 1 amide bonds. The normalized spacial score (nSPS) is 13.9. The van der Waals surface area contributed by atoms with E-state index in [4.69, 9.17) is 9.47 Å². The Labute approximate surface area is 190 Å². The van der Waals surface area contributed by atoms with Crippen LogP contribution in [0.25, 0.3) is 0 Å². The molecule has 1 aliphatic heterocycles. The summed E-state index contributed by atoms with van der Waals surface area (Å²) in [5.41, 5.74) is 2.93. The first kappa shape index (κ1) is 20.7. The SMILES string of the molecule is O=C(NC(CCc1ccccc1)c1ccc2c(c1)OCCCO2)c1ccc(I)cc1. The summed E-state index contributed by atoms with van der Waals surface area (Å²) in [5, 5.41) is 3.22. The molecule has 0 saturated heterocycles. The second kappa shape index (κ2) is 9.98. The summed E-state index contributed by atoms with van der Waals surface area (Å²) in [5.74, 6) is 1.44. The molecule has 30 heavy (non-hydrogen) atoms. The van der Waals surface area contributed by atoms with E-state index in [0.717, 1.165) is 39.9 Å². The number of hydrogen-bond donors (Lipinski definition) is 1. The number of benzene rings is 3. The number of hydrogen-bond acceptors (Lipinski definition) is 3. The Morgan fingerprint density at radius 1 is 0.933 bits per heavy atom. The second-order valence-corrected chi connectivity index (χ2v) is 8.56. The number of rotatable bonds is 6. The third kappa shape index (κ3) is 5.33. The molecule has 3 aromatic carbocycles. The smallest absolute Gasteiger partial charge is 0.251 e. The van der Waals surface area contributed by atoms with Crippen molar-refractivity contribution in [2.45, 2.75) is 25.3 Å². The lowest BCUT2D eigenvalue weighted by molar-refractivity contribution is 0.0934. The number of carbonyl (C=O) groups excluding carboxylic acids is 1. The fraction of sp³-hybridized carbons (Fsp3) is 0.240. The van der Waals surface area contributed by atoms with Crippen LogP contribution in [0.4, 0.5) is 0 Å². The molecule has 1 heterocycles. The van der Waals surface area contributed by atoms with Crippen LogP contribution in [0.1, 0.15) is 40.4 Å². The largest absolute Gasteiger partial charge is 0.490 e. The Hall–Kier alpha value is -2.54. The van der Waals surface area contributed by atoms with Crippen LogP contribution in [0.15, 0.2) is 72.8 Å². The third-order valence-corrected chi connectivity index (χ3v) is 5.87. The summed E-state index contributed by atoms with van der Waals surface area (Å²) in [6.45, 7) is 1.30. The summed E-state index contributed by atoms with van der Waals surface area (Å²) in [6.07, 6.45) is 2.53. The van der Waals surface area contributed by atoms with Gasteiger partial charge in [0.1, 0.15) is 0 Å². The number of halogens is 1. The zero-order chi connectivity index (χ0) is 20.8. The Morgan fingerprint density at radius 2 is 1.67 bits per heavy atom. The molecule has 1 unspecified atom stereocenters. The summed E-state index contributed by atoms with van der Waals surface area (Å²) >= 11 is 2.24. The minimum Gasteiger partial charge on any atom is -0.490 e. The molecular formula is C25H24INO3. The van der Waals surface area contributed by atoms with Gasteiger partial charge in [0.05, 0.1) is 19.3 Å². The van der Waals surface area contributed by atoms with E-state index in [0.29, 0.717) is 18.8 Å². The number of carbonyl (C=O) groups is 1. The minimum absolute atomic E-state index is 0.0726. The lowest BCUT2D eigenvalue weighted by Gasteiger charge is -2.21. The minimum atomic E-state index is -0.130. The van der Waals surface area contributed by atoms with Crippen LogP contribution in [0.2, 0.25) is 0 Å². The van der Waals surface area contributed by atoms with Gasteiger partial charge in [0.2, 0.25) is 0 Å². The number of nitrogens with one attached hydrogen (secondary N) is 1. The van der Waals surface area contributed by atoms with Gasteiger partial charge < -0.3 is 14.8 Å². The van der Waals surface area contributed by atoms with E-state index < -0.39 is 0 Å². The molecule has 0 fully saturated rings. The Balaban J connectivity index is 1.57. The van der Waals surface area contributed by atoms with Gasteiger partial charge in [0.25, 0.3) is 5.91 Å². The molecule has 0 saturated carbocycles. The van der Waals surface area contributed by atoms with E-state index in [1.807, 2.05) is 60.7 Å². The van der Waals surface area contributed by atoms with Gasteiger partial charge in [-0.05, 0) is 83.0 Å². The fourth-order valence-electron chi connectivity index (χ4n) is 3.52. The van der Waals surface area contributed by atoms with E-state index in [1.54, 1.807) is 0 Å². The Morgan fingerprint density at radius 3 is 2.43 bits per heavy atom. The maximum absolute atomic E-state index is 12.9. The summed E-state index contributed by atoms with van der Waals surface area (Å²) in [7, 11) is 0. The lowest BCUT2D eigenvalue weighted by Crippen LogP contribution is -2.29. The van der Waals surface area contributed by atoms with Crippen molar-refractivity contribution in [3.8, 4) is 11.5 Å². The van der Waals surface area contributed by atoms with Crippen LogP contribution >= 0.6 is 22.6 Å². The van der Waals surface area contributed by atoms with Crippen molar-refractivity contribution >= 4 is 28.5 Å². The van der Waals surface area contributed by atoms with Crippen LogP contribution in [0.5, 0.6) is 11.5 Å². The highest BCUT2D eigenvalue weighted by atomic mass is 127. The fourth-order valence-corrected chi connectivity index (χ4v) is 3.88. The standard InChI is InChI=1S/C25H24INO3/c26-21-11-8-19(9-12-21)25(28)27-22(13-7-18-5-2-1-3-6-18)20-10-14-23-24(17-20)30-16-4-15-29-23/h1-3,5-6,8-12,14,17,22H,4,7,13,15-16H2,(H,27,28). The summed E-state index contributed by atoms with van der Waals surface area (Å²) < 4.78 is 12.7. The molecule has 0 spiro atoms. The predicted octanol–water partition coefficient (Wildman–Crippen LogP) is 5.56. The molecule has 0 aromatic heterocycles. The van der Waals surface area contributed by atoms with Gasteiger partial charge in [-0.2, -0.15) is 0 Å². The van der Waals surface area contributed by atoms with Crippen LogP contribution in [0, 0.1) is 3.57 Å². The third-order valence-electron chi connectivity index (χ3n) is 5.15. The van der Waals surface area contributed by atoms with Gasteiger partial charge in [-0.1, -0.05) is 36.4 Å². The van der Waals surface area contributed by atoms with Crippen LogP contribution in [0.3, 0.4) is 0 Å². The van der Waals surface area contributed by atoms with Gasteiger partial charge in [0, 0.05) is 15.6 Å². The van der Waals surface area contributed by atoms with E-state index in [-0.39, 0.29) is 11.9 Å². The number of ether oxygens (including phenoxy) is 2. The summed E-state index contributed by atoms with van der Waals surface area (Å²) in [4.78, 5) is 12.9. The Bertz CT molecular complexity index is 989. The average molecular weight is 513 g/mol. The molecule has 5 heteroatoms. The van der Waals surface area contributed by atoms with Crippen molar-refractivity contribution in [2.24, 2.45) is 0 Å². The zero-order valence-electron chi connectivity index (χ0n) is 16.6. The molecular weight excluding hydrogens is 489 g/mol. The van der Waals surface area contributed by atoms with Crippen molar-refractivity contribution < 1.29 is 14.3 Å². The predicted molar refractivity (Wildman–Crippen MR) is 126 cm³/mol. The first-order chi connectivity index (χ1) is 14.7. The summed E-state index contributed by atoms with van der Waals surface area (Å²) in [6, 6.07) is 23.8. The van der Waals surface area contributed by atoms with Crippen LogP contribution in [-0.4, -0.2) is 19.1 Å². The molecule has 0 bridgehead atoms. The van der Waals surface area contributed by atoms with E-state index in [9.17, 15) is 4.79 Å². The molecule has 4 nitrogen and oxygen atoms in total. The molecule has 4 rings (SSSR count). The van der Waals surface area contributed by atoms with Gasteiger partial charge in [0.15, 0.2) is 11.5 Å². The Kier molecular flexibility index (Phi) is 6.89. The van der Waals surface area contributed by atoms with Gasteiger partial charge in [-0.15, -0.1) is 0 Å². The van der Waals surface area contributed by atoms with Crippen molar-refractivity contribution in [3.63, 3.8) is 0 Å². The quantitative estimate of drug-likeness (QED) is 0.440. The monoisotopic (exact) mass is 513 g/mol. The molecule has 154 valence electrons. The number of amides is 1. The van der Waals surface area contributed by atoms with Crippen molar-refractivity contribution in [1.82, 2.24) is 5.32 Å². The number of aryl methyl sites for hydroxylation is 1. The van der Waals surface area contributed by atoms with Crippen LogP contribution in [-0.2, 0) is 6.42 Å². The van der Waals surface area contributed by atoms with Crippen molar-refractivity contribution in [2.75, 3.05) is 13.2 Å². The highest BCUT2D eigenvalue weighted by Crippen LogP contribution is 2.33. The highest BCUT2D eigenvalue weighted by molar-refractivity contribution is 14.1. The first-order valence-electron chi connectivity index (χ1n) is 10.2. The van der Waals surface area contributed by atoms with Gasteiger partial charge in [-0.25, -0.2) is 0 Å². The van der Waals surface area contributed by atoms with E-state index >= 15 is 0 Å². The van der Waals surface area contributed by atoms with Crippen molar-refractivity contribution in [3.05, 3.63) is 93.1 Å². The zero-order valence-corrected chi connectivity index (χ0v) is 18.8. The molecule has 1 N–H and O–H groups in total. The lowest BCUT2D eigenvalue weighted by atomic mass is 9.98.